The fourth-order valence-corrected chi connectivity index (χ4v) is 3.26. The number of terminal acetylenes is 1. The summed E-state index contributed by atoms with van der Waals surface area (Å²) in [5.41, 5.74) is 7.40. The summed E-state index contributed by atoms with van der Waals surface area (Å²) in [6, 6.07) is 7.73. The minimum atomic E-state index is -0.0532. The van der Waals surface area contributed by atoms with Crippen LogP contribution < -0.4 is 15.8 Å². The van der Waals surface area contributed by atoms with Crippen molar-refractivity contribution in [2.75, 3.05) is 26.7 Å². The third-order valence-electron chi connectivity index (χ3n) is 4.64. The Labute approximate surface area is 169 Å². The van der Waals surface area contributed by atoms with Gasteiger partial charge >= 0.3 is 0 Å². The monoisotopic (exact) mass is 383 g/mol. The Morgan fingerprint density at radius 3 is 2.75 bits per heavy atom. The first-order valence-corrected chi connectivity index (χ1v) is 9.58. The number of para-hydroxylation sites is 1. The summed E-state index contributed by atoms with van der Waals surface area (Å²) in [5.74, 6) is 1.30. The second kappa shape index (κ2) is 13.6. The summed E-state index contributed by atoms with van der Waals surface area (Å²) in [5, 5.41) is 3.43. The van der Waals surface area contributed by atoms with Gasteiger partial charge < -0.3 is 20.7 Å². The highest BCUT2D eigenvalue weighted by Crippen LogP contribution is 2.20. The van der Waals surface area contributed by atoms with E-state index in [1.165, 1.54) is 0 Å². The highest BCUT2D eigenvalue weighted by atomic mass is 16.5. The molecule has 0 fully saturated rings. The van der Waals surface area contributed by atoms with Crippen LogP contribution in [0.4, 0.5) is 0 Å². The number of nitrogens with zero attached hydrogens (tertiary/aromatic N) is 1. The smallest absolute Gasteiger partial charge is 0.219 e. The number of carbonyl (C=O) groups is 1. The first-order valence-electron chi connectivity index (χ1n) is 9.58. The number of carbonyl (C=O) groups excluding carboxylic acids is 1. The molecule has 5 heteroatoms. The second-order valence-electron chi connectivity index (χ2n) is 6.82. The van der Waals surface area contributed by atoms with E-state index in [2.05, 4.69) is 42.5 Å². The molecule has 1 aromatic carbocycles. The van der Waals surface area contributed by atoms with Crippen LogP contribution in [0.15, 0.2) is 48.6 Å². The Kier molecular flexibility index (Phi) is 11.4. The highest BCUT2D eigenvalue weighted by molar-refractivity contribution is 5.73. The van der Waals surface area contributed by atoms with E-state index in [4.69, 9.17) is 10.5 Å². The van der Waals surface area contributed by atoms with Crippen LogP contribution in [0.1, 0.15) is 25.3 Å². The van der Waals surface area contributed by atoms with E-state index in [1.54, 1.807) is 14.0 Å². The van der Waals surface area contributed by atoms with Crippen molar-refractivity contribution in [1.82, 2.24) is 10.2 Å². The summed E-state index contributed by atoms with van der Waals surface area (Å²) in [4.78, 5) is 13.9. The zero-order chi connectivity index (χ0) is 20.8. The Hall–Kier alpha value is -2.55. The molecule has 0 saturated heterocycles. The number of rotatable bonds is 7. The molecule has 0 aliphatic carbocycles. The molecule has 2 atom stereocenters. The minimum Gasteiger partial charge on any atom is -0.496 e. The van der Waals surface area contributed by atoms with Gasteiger partial charge in [0.1, 0.15) is 5.75 Å². The lowest BCUT2D eigenvalue weighted by molar-refractivity contribution is -0.129. The van der Waals surface area contributed by atoms with Crippen LogP contribution in [-0.4, -0.2) is 43.6 Å². The molecule has 28 heavy (non-hydrogen) atoms. The van der Waals surface area contributed by atoms with Gasteiger partial charge in [-0.15, -0.1) is 12.8 Å². The van der Waals surface area contributed by atoms with Gasteiger partial charge in [-0.3, -0.25) is 4.79 Å². The number of allylic oxidation sites excluding steroid dienone is 3. The van der Waals surface area contributed by atoms with Crippen molar-refractivity contribution in [2.24, 2.45) is 11.7 Å². The van der Waals surface area contributed by atoms with Gasteiger partial charge in [0.05, 0.1) is 7.11 Å². The van der Waals surface area contributed by atoms with E-state index in [-0.39, 0.29) is 11.9 Å². The third kappa shape index (κ3) is 8.43. The van der Waals surface area contributed by atoms with Gasteiger partial charge in [0.15, 0.2) is 0 Å². The van der Waals surface area contributed by atoms with Crippen molar-refractivity contribution < 1.29 is 9.53 Å². The number of nitrogens with two attached hydrogens (primary N) is 1. The molecule has 0 radical (unpaired) electrons. The summed E-state index contributed by atoms with van der Waals surface area (Å²) < 4.78 is 5.40. The van der Waals surface area contributed by atoms with Crippen molar-refractivity contribution >= 4 is 5.91 Å². The Morgan fingerprint density at radius 2 is 2.04 bits per heavy atom. The average Bonchev–Trinajstić information content (AvgIpc) is 2.83. The summed E-state index contributed by atoms with van der Waals surface area (Å²) in [7, 11) is 1.65. The summed E-state index contributed by atoms with van der Waals surface area (Å²) in [6.45, 7) is 4.47. The normalized spacial score (nSPS) is 19.5. The number of methoxy groups -OCH3 is 1. The van der Waals surface area contributed by atoms with Crippen LogP contribution in [0.3, 0.4) is 0 Å². The van der Waals surface area contributed by atoms with E-state index in [0.29, 0.717) is 19.0 Å². The lowest BCUT2D eigenvalue weighted by Gasteiger charge is -2.27. The number of nitrogens with one attached hydrogen (secondary N) is 1. The maximum Gasteiger partial charge on any atom is 0.219 e. The van der Waals surface area contributed by atoms with E-state index in [9.17, 15) is 4.79 Å². The van der Waals surface area contributed by atoms with Crippen LogP contribution in [0, 0.1) is 18.8 Å². The number of hydrogen-bond acceptors (Lipinski definition) is 4. The quantitative estimate of drug-likeness (QED) is 0.711. The predicted molar refractivity (Wildman–Crippen MR) is 116 cm³/mol. The topological polar surface area (TPSA) is 67.6 Å². The molecule has 2 unspecified atom stereocenters. The van der Waals surface area contributed by atoms with Crippen molar-refractivity contribution in [3.05, 3.63) is 54.1 Å². The molecule has 0 spiro atoms. The Morgan fingerprint density at radius 1 is 1.32 bits per heavy atom. The van der Waals surface area contributed by atoms with Gasteiger partial charge in [0.2, 0.25) is 5.91 Å². The zero-order valence-electron chi connectivity index (χ0n) is 17.0. The van der Waals surface area contributed by atoms with Crippen LogP contribution in [0.25, 0.3) is 0 Å². The maximum absolute atomic E-state index is 12.1. The minimum absolute atomic E-state index is 0.0306. The molecule has 1 aliphatic rings. The largest absolute Gasteiger partial charge is 0.496 e. The Bertz CT molecular complexity index is 667. The SMILES string of the molecule is C#C.COc1ccccc1CN(CC(N)CC1C/C=C\C=C/CNC1)C(C)=O. The molecule has 1 heterocycles. The molecule has 2 rings (SSSR count). The first kappa shape index (κ1) is 23.5. The molecule has 152 valence electrons. The summed E-state index contributed by atoms with van der Waals surface area (Å²) >= 11 is 0. The molecular formula is C23H33N3O2. The van der Waals surface area contributed by atoms with Crippen molar-refractivity contribution in [3.63, 3.8) is 0 Å². The molecule has 1 aromatic rings. The molecule has 1 amide bonds. The maximum atomic E-state index is 12.1. The lowest BCUT2D eigenvalue weighted by atomic mass is 9.96. The van der Waals surface area contributed by atoms with Crippen LogP contribution >= 0.6 is 0 Å². The lowest BCUT2D eigenvalue weighted by Crippen LogP contribution is -2.41. The Balaban J connectivity index is 0.00000190. The van der Waals surface area contributed by atoms with Gasteiger partial charge in [-0.05, 0) is 31.4 Å². The highest BCUT2D eigenvalue weighted by Gasteiger charge is 2.19. The second-order valence-corrected chi connectivity index (χ2v) is 6.82. The number of ether oxygens (including phenoxy) is 1. The molecule has 0 bridgehead atoms. The first-order chi connectivity index (χ1) is 13.6. The molecule has 3 N–H and O–H groups in total. The zero-order valence-corrected chi connectivity index (χ0v) is 17.0. The van der Waals surface area contributed by atoms with Crippen LogP contribution in [-0.2, 0) is 11.3 Å². The van der Waals surface area contributed by atoms with Gasteiger partial charge in [0, 0.05) is 38.2 Å². The molecule has 5 nitrogen and oxygen atoms in total. The number of amides is 1. The standard InChI is InChI=1S/C21H31N3O2.C2H2/c1-17(25)24(15-19-10-6-7-11-21(19)26-2)16-20(22)13-18-9-5-3-4-8-12-23-14-18;1-2/h3-8,10-11,18,20,23H,9,12-16,22H2,1-2H3;1-2H/b5-3-,8-4-;. The fourth-order valence-electron chi connectivity index (χ4n) is 3.26. The van der Waals surface area contributed by atoms with Gasteiger partial charge in [-0.1, -0.05) is 42.5 Å². The number of benzene rings is 1. The van der Waals surface area contributed by atoms with E-state index >= 15 is 0 Å². The van der Waals surface area contributed by atoms with Crippen LogP contribution in [0.2, 0.25) is 0 Å². The van der Waals surface area contributed by atoms with Crippen molar-refractivity contribution in [1.29, 1.82) is 0 Å². The van der Waals surface area contributed by atoms with E-state index < -0.39 is 0 Å². The van der Waals surface area contributed by atoms with Crippen molar-refractivity contribution in [3.8, 4) is 18.6 Å². The fraction of sp³-hybridized carbons (Fsp3) is 0.435. The van der Waals surface area contributed by atoms with E-state index in [1.807, 2.05) is 29.2 Å². The molecular weight excluding hydrogens is 350 g/mol. The van der Waals surface area contributed by atoms with Gasteiger partial charge in [-0.25, -0.2) is 0 Å². The molecule has 0 saturated carbocycles. The van der Waals surface area contributed by atoms with Crippen molar-refractivity contribution in [2.45, 2.75) is 32.4 Å². The molecule has 0 aromatic heterocycles. The average molecular weight is 384 g/mol. The molecule has 1 aliphatic heterocycles. The van der Waals surface area contributed by atoms with Gasteiger partial charge in [0.25, 0.3) is 0 Å². The van der Waals surface area contributed by atoms with E-state index in [0.717, 1.165) is 37.2 Å². The predicted octanol–water partition coefficient (Wildman–Crippen LogP) is 2.73. The van der Waals surface area contributed by atoms with Gasteiger partial charge in [-0.2, -0.15) is 0 Å². The van der Waals surface area contributed by atoms with Crippen LogP contribution in [0.5, 0.6) is 5.75 Å². The number of hydrogen-bond donors (Lipinski definition) is 2. The summed E-state index contributed by atoms with van der Waals surface area (Å²) in [6.07, 6.45) is 18.3. The third-order valence-corrected chi connectivity index (χ3v) is 4.64.